The van der Waals surface area contributed by atoms with Crippen molar-refractivity contribution >= 4 is 35.8 Å². The summed E-state index contributed by atoms with van der Waals surface area (Å²) in [6, 6.07) is 10.0. The molecule has 1 atom stereocenters. The second kappa shape index (κ2) is 10.6. The molecule has 2 aliphatic heterocycles. The smallest absolute Gasteiger partial charge is 0.213 e. The lowest BCUT2D eigenvalue weighted by molar-refractivity contribution is 0.205. The maximum absolute atomic E-state index is 5.97. The van der Waals surface area contributed by atoms with Gasteiger partial charge in [-0.05, 0) is 30.5 Å². The van der Waals surface area contributed by atoms with Gasteiger partial charge in [0.2, 0.25) is 5.88 Å². The van der Waals surface area contributed by atoms with Crippen LogP contribution in [0.4, 0.5) is 5.82 Å². The van der Waals surface area contributed by atoms with Crippen molar-refractivity contribution < 1.29 is 4.74 Å². The van der Waals surface area contributed by atoms with Gasteiger partial charge in [0, 0.05) is 58.1 Å². The van der Waals surface area contributed by atoms with Crippen LogP contribution in [0.3, 0.4) is 0 Å². The Kier molecular flexibility index (Phi) is 7.91. The van der Waals surface area contributed by atoms with E-state index >= 15 is 0 Å². The third-order valence-corrected chi connectivity index (χ3v) is 5.27. The van der Waals surface area contributed by atoms with Crippen molar-refractivity contribution in [3.63, 3.8) is 0 Å². The zero-order valence-corrected chi connectivity index (χ0v) is 19.2. The van der Waals surface area contributed by atoms with Crippen molar-refractivity contribution in [2.45, 2.75) is 31.9 Å². The number of aliphatic imine (C=N–C) groups is 1. The molecule has 0 saturated carbocycles. The van der Waals surface area contributed by atoms with Gasteiger partial charge in [-0.3, -0.25) is 4.99 Å². The summed E-state index contributed by atoms with van der Waals surface area (Å²) < 4.78 is 5.97. The van der Waals surface area contributed by atoms with E-state index in [-0.39, 0.29) is 30.1 Å². The molecule has 8 heteroatoms. The van der Waals surface area contributed by atoms with Gasteiger partial charge >= 0.3 is 0 Å². The molecule has 29 heavy (non-hydrogen) atoms. The number of ether oxygens (including phenoxy) is 1. The van der Waals surface area contributed by atoms with E-state index in [0.717, 1.165) is 49.9 Å². The number of aromatic nitrogens is 2. The summed E-state index contributed by atoms with van der Waals surface area (Å²) in [5.41, 5.74) is 1.16. The lowest BCUT2D eigenvalue weighted by Crippen LogP contribution is -2.40. The summed E-state index contributed by atoms with van der Waals surface area (Å²) in [5.74, 6) is 2.66. The number of nitrogens with zero attached hydrogens (tertiary/aromatic N) is 5. The lowest BCUT2D eigenvalue weighted by Gasteiger charge is -2.22. The number of likely N-dealkylation sites (tertiary alicyclic amines) is 1. The number of rotatable bonds is 5. The van der Waals surface area contributed by atoms with Crippen LogP contribution in [0, 0.1) is 0 Å². The van der Waals surface area contributed by atoms with Crippen molar-refractivity contribution in [3.05, 3.63) is 48.3 Å². The number of guanidine groups is 1. The van der Waals surface area contributed by atoms with E-state index in [1.54, 1.807) is 6.20 Å². The minimum absolute atomic E-state index is 0. The summed E-state index contributed by atoms with van der Waals surface area (Å²) in [6.07, 6.45) is 7.35. The summed E-state index contributed by atoms with van der Waals surface area (Å²) in [5, 5.41) is 3.45. The third-order valence-electron chi connectivity index (χ3n) is 5.27. The summed E-state index contributed by atoms with van der Waals surface area (Å²) in [6.45, 7) is 4.68. The number of pyridine rings is 2. The summed E-state index contributed by atoms with van der Waals surface area (Å²) in [4.78, 5) is 17.9. The Hall–Kier alpha value is -2.10. The average molecular weight is 508 g/mol. The summed E-state index contributed by atoms with van der Waals surface area (Å²) in [7, 11) is 1.82. The van der Waals surface area contributed by atoms with Gasteiger partial charge in [-0.25, -0.2) is 9.97 Å². The van der Waals surface area contributed by atoms with Crippen molar-refractivity contribution in [1.29, 1.82) is 0 Å². The maximum atomic E-state index is 5.97. The number of hydrogen-bond donors (Lipinski definition) is 1. The molecule has 4 heterocycles. The predicted molar refractivity (Wildman–Crippen MR) is 126 cm³/mol. The molecule has 1 N–H and O–H groups in total. The van der Waals surface area contributed by atoms with Crippen LogP contribution in [0.15, 0.2) is 47.7 Å². The van der Waals surface area contributed by atoms with Crippen molar-refractivity contribution in [2.75, 3.05) is 38.1 Å². The molecule has 2 aromatic rings. The first-order chi connectivity index (χ1) is 13.8. The first kappa shape index (κ1) is 21.6. The molecule has 2 fully saturated rings. The number of halogens is 1. The van der Waals surface area contributed by atoms with Gasteiger partial charge < -0.3 is 19.9 Å². The van der Waals surface area contributed by atoms with Crippen LogP contribution in [-0.2, 0) is 6.54 Å². The van der Waals surface area contributed by atoms with Crippen LogP contribution in [0.2, 0.25) is 0 Å². The standard InChI is InChI=1S/C21H28N6O.HI/c1-22-21(27-13-9-18(16-27)28-20-6-2-3-10-23-20)25-15-17-7-8-19(24-14-17)26-11-4-5-12-26;/h2-3,6-8,10,14,18H,4-5,9,11-13,15-16H2,1H3,(H,22,25);1H. The van der Waals surface area contributed by atoms with E-state index in [0.29, 0.717) is 12.4 Å². The number of nitrogens with one attached hydrogen (secondary N) is 1. The van der Waals surface area contributed by atoms with Crippen LogP contribution in [0.25, 0.3) is 0 Å². The SMILES string of the molecule is CN=C(NCc1ccc(N2CCCC2)nc1)N1CCC(Oc2ccccn2)C1.I. The lowest BCUT2D eigenvalue weighted by atomic mass is 10.3. The Labute approximate surface area is 189 Å². The van der Waals surface area contributed by atoms with E-state index in [1.165, 1.54) is 12.8 Å². The van der Waals surface area contributed by atoms with Crippen molar-refractivity contribution in [3.8, 4) is 5.88 Å². The molecule has 0 radical (unpaired) electrons. The second-order valence-corrected chi connectivity index (χ2v) is 7.26. The molecule has 156 valence electrons. The third kappa shape index (κ3) is 5.71. The van der Waals surface area contributed by atoms with Crippen molar-refractivity contribution in [1.82, 2.24) is 20.2 Å². The van der Waals surface area contributed by atoms with E-state index in [4.69, 9.17) is 4.74 Å². The molecule has 2 aliphatic rings. The zero-order chi connectivity index (χ0) is 19.2. The second-order valence-electron chi connectivity index (χ2n) is 7.26. The van der Waals surface area contributed by atoms with Crippen molar-refractivity contribution in [2.24, 2.45) is 4.99 Å². The Bertz CT molecular complexity index is 780. The van der Waals surface area contributed by atoms with Crippen LogP contribution in [0.5, 0.6) is 5.88 Å². The Morgan fingerprint density at radius 2 is 2.03 bits per heavy atom. The first-order valence-electron chi connectivity index (χ1n) is 10.0. The van der Waals surface area contributed by atoms with Crippen LogP contribution in [0.1, 0.15) is 24.8 Å². The van der Waals surface area contributed by atoms with E-state index in [2.05, 4.69) is 42.2 Å². The minimum atomic E-state index is 0. The van der Waals surface area contributed by atoms with Gasteiger partial charge in [0.15, 0.2) is 5.96 Å². The largest absolute Gasteiger partial charge is 0.472 e. The molecule has 7 nitrogen and oxygen atoms in total. The predicted octanol–water partition coefficient (Wildman–Crippen LogP) is 2.92. The van der Waals surface area contributed by atoms with Gasteiger partial charge in [-0.1, -0.05) is 12.1 Å². The van der Waals surface area contributed by atoms with E-state index < -0.39 is 0 Å². The molecule has 0 aromatic carbocycles. The van der Waals surface area contributed by atoms with E-state index in [1.807, 2.05) is 31.4 Å². The monoisotopic (exact) mass is 508 g/mol. The Morgan fingerprint density at radius 1 is 1.17 bits per heavy atom. The van der Waals surface area contributed by atoms with E-state index in [9.17, 15) is 0 Å². The highest BCUT2D eigenvalue weighted by molar-refractivity contribution is 14.0. The number of anilines is 1. The molecule has 2 saturated heterocycles. The molecule has 4 rings (SSSR count). The van der Waals surface area contributed by atoms with Gasteiger partial charge in [-0.2, -0.15) is 0 Å². The molecule has 2 aromatic heterocycles. The van der Waals surface area contributed by atoms with Crippen LogP contribution in [-0.4, -0.2) is 60.2 Å². The molecule has 0 bridgehead atoms. The minimum Gasteiger partial charge on any atom is -0.472 e. The zero-order valence-electron chi connectivity index (χ0n) is 16.8. The Morgan fingerprint density at radius 3 is 2.72 bits per heavy atom. The molecule has 0 amide bonds. The molecule has 0 aliphatic carbocycles. The quantitative estimate of drug-likeness (QED) is 0.381. The highest BCUT2D eigenvalue weighted by Gasteiger charge is 2.26. The van der Waals surface area contributed by atoms with Gasteiger partial charge in [0.05, 0.1) is 6.54 Å². The Balaban J connectivity index is 0.00000240. The average Bonchev–Trinajstić information content (AvgIpc) is 3.43. The fraction of sp³-hybridized carbons (Fsp3) is 0.476. The highest BCUT2D eigenvalue weighted by Crippen LogP contribution is 2.18. The topological polar surface area (TPSA) is 65.9 Å². The van der Waals surface area contributed by atoms with Crippen LogP contribution < -0.4 is 15.0 Å². The normalized spacial score (nSPS) is 19.2. The molecular formula is C21H29IN6O. The highest BCUT2D eigenvalue weighted by atomic mass is 127. The summed E-state index contributed by atoms with van der Waals surface area (Å²) >= 11 is 0. The number of hydrogen-bond acceptors (Lipinski definition) is 5. The van der Waals surface area contributed by atoms with Gasteiger partial charge in [-0.15, -0.1) is 24.0 Å². The first-order valence-corrected chi connectivity index (χ1v) is 10.0. The molecule has 1 unspecified atom stereocenters. The van der Waals surface area contributed by atoms with Crippen LogP contribution >= 0.6 is 24.0 Å². The maximum Gasteiger partial charge on any atom is 0.213 e. The van der Waals surface area contributed by atoms with Gasteiger partial charge in [0.1, 0.15) is 11.9 Å². The fourth-order valence-electron chi connectivity index (χ4n) is 3.77. The fourth-order valence-corrected chi connectivity index (χ4v) is 3.77. The molecule has 0 spiro atoms. The molecular weight excluding hydrogens is 479 g/mol. The van der Waals surface area contributed by atoms with Gasteiger partial charge in [0.25, 0.3) is 0 Å².